The van der Waals surface area contributed by atoms with Gasteiger partial charge in [-0.2, -0.15) is 0 Å². The highest BCUT2D eigenvalue weighted by Gasteiger charge is 2.09. The number of aromatic nitrogens is 1. The monoisotopic (exact) mass is 431 g/mol. The Labute approximate surface area is 191 Å². The highest BCUT2D eigenvalue weighted by molar-refractivity contribution is 5.91. The van der Waals surface area contributed by atoms with Gasteiger partial charge in [-0.1, -0.05) is 51.7 Å². The number of nitrogens with zero attached hydrogens (tertiary/aromatic N) is 1. The first kappa shape index (κ1) is 23.5. The summed E-state index contributed by atoms with van der Waals surface area (Å²) in [5.41, 5.74) is 3.61. The number of esters is 1. The molecule has 32 heavy (non-hydrogen) atoms. The zero-order chi connectivity index (χ0) is 22.6. The Bertz CT molecular complexity index is 947. The molecular weight excluding hydrogens is 398 g/mol. The SMILES string of the molecule is CCCCCCCc1ccc(C(=O)Oc2ccc(-c3ccc(OCCC)cc3)nc2)cc1. The summed E-state index contributed by atoms with van der Waals surface area (Å²) < 4.78 is 11.1. The fraction of sp³-hybridized carbons (Fsp3) is 0.357. The molecule has 3 rings (SSSR count). The molecule has 0 amide bonds. The third kappa shape index (κ3) is 7.23. The normalized spacial score (nSPS) is 10.7. The average Bonchev–Trinajstić information content (AvgIpc) is 2.84. The molecule has 0 N–H and O–H groups in total. The first-order chi connectivity index (χ1) is 15.7. The fourth-order valence-corrected chi connectivity index (χ4v) is 3.46. The van der Waals surface area contributed by atoms with Crippen molar-refractivity contribution < 1.29 is 14.3 Å². The van der Waals surface area contributed by atoms with Crippen molar-refractivity contribution >= 4 is 5.97 Å². The maximum absolute atomic E-state index is 12.5. The van der Waals surface area contributed by atoms with Crippen molar-refractivity contribution in [2.45, 2.75) is 58.8 Å². The van der Waals surface area contributed by atoms with Crippen molar-refractivity contribution in [3.05, 3.63) is 78.0 Å². The van der Waals surface area contributed by atoms with Crippen molar-refractivity contribution in [2.75, 3.05) is 6.61 Å². The topological polar surface area (TPSA) is 48.4 Å². The summed E-state index contributed by atoms with van der Waals surface area (Å²) in [6.45, 7) is 5.02. The number of hydrogen-bond donors (Lipinski definition) is 0. The predicted molar refractivity (Wildman–Crippen MR) is 129 cm³/mol. The highest BCUT2D eigenvalue weighted by Crippen LogP contribution is 2.23. The number of pyridine rings is 1. The minimum atomic E-state index is -0.369. The first-order valence-corrected chi connectivity index (χ1v) is 11.7. The number of ether oxygens (including phenoxy) is 2. The van der Waals surface area contributed by atoms with Crippen molar-refractivity contribution in [1.82, 2.24) is 4.98 Å². The van der Waals surface area contributed by atoms with Crippen LogP contribution in [0.4, 0.5) is 0 Å². The van der Waals surface area contributed by atoms with Crippen LogP contribution in [0, 0.1) is 0 Å². The summed E-state index contributed by atoms with van der Waals surface area (Å²) in [7, 11) is 0. The molecule has 2 aromatic carbocycles. The second-order valence-electron chi connectivity index (χ2n) is 8.00. The number of unbranched alkanes of at least 4 members (excludes halogenated alkanes) is 4. The van der Waals surface area contributed by atoms with Gasteiger partial charge >= 0.3 is 5.97 Å². The van der Waals surface area contributed by atoms with Crippen LogP contribution in [0.3, 0.4) is 0 Å². The lowest BCUT2D eigenvalue weighted by Gasteiger charge is -2.08. The van der Waals surface area contributed by atoms with Gasteiger partial charge in [0.1, 0.15) is 11.5 Å². The average molecular weight is 432 g/mol. The largest absolute Gasteiger partial charge is 0.494 e. The molecule has 1 heterocycles. The van der Waals surface area contributed by atoms with Gasteiger partial charge in [-0.05, 0) is 73.4 Å². The lowest BCUT2D eigenvalue weighted by Crippen LogP contribution is -2.08. The van der Waals surface area contributed by atoms with E-state index >= 15 is 0 Å². The van der Waals surface area contributed by atoms with Crippen LogP contribution in [0.15, 0.2) is 66.9 Å². The minimum absolute atomic E-state index is 0.369. The molecule has 3 aromatic rings. The van der Waals surface area contributed by atoms with Gasteiger partial charge in [-0.15, -0.1) is 0 Å². The molecule has 0 aliphatic carbocycles. The molecule has 0 bridgehead atoms. The molecule has 4 nitrogen and oxygen atoms in total. The lowest BCUT2D eigenvalue weighted by molar-refractivity contribution is 0.0734. The van der Waals surface area contributed by atoms with Crippen LogP contribution in [0.2, 0.25) is 0 Å². The maximum Gasteiger partial charge on any atom is 0.343 e. The van der Waals surface area contributed by atoms with Gasteiger partial charge in [0, 0.05) is 5.56 Å². The van der Waals surface area contributed by atoms with Gasteiger partial charge in [0.05, 0.1) is 24.1 Å². The fourth-order valence-electron chi connectivity index (χ4n) is 3.46. The molecule has 0 spiro atoms. The van der Waals surface area contributed by atoms with Crippen LogP contribution < -0.4 is 9.47 Å². The van der Waals surface area contributed by atoms with E-state index in [4.69, 9.17) is 9.47 Å². The quantitative estimate of drug-likeness (QED) is 0.223. The van der Waals surface area contributed by atoms with Gasteiger partial charge in [-0.3, -0.25) is 4.98 Å². The third-order valence-electron chi connectivity index (χ3n) is 5.33. The smallest absolute Gasteiger partial charge is 0.343 e. The van der Waals surface area contributed by atoms with Gasteiger partial charge in [0.2, 0.25) is 0 Å². The Balaban J connectivity index is 1.52. The van der Waals surface area contributed by atoms with E-state index < -0.39 is 0 Å². The molecule has 0 aliphatic heterocycles. The third-order valence-corrected chi connectivity index (χ3v) is 5.33. The molecule has 4 heteroatoms. The second-order valence-corrected chi connectivity index (χ2v) is 8.00. The van der Waals surface area contributed by atoms with Crippen LogP contribution in [0.1, 0.15) is 68.3 Å². The number of carbonyl (C=O) groups excluding carboxylic acids is 1. The van der Waals surface area contributed by atoms with Crippen molar-refractivity contribution in [3.8, 4) is 22.8 Å². The van der Waals surface area contributed by atoms with Gasteiger partial charge in [-0.25, -0.2) is 4.79 Å². The van der Waals surface area contributed by atoms with E-state index in [0.29, 0.717) is 17.9 Å². The molecule has 168 valence electrons. The van der Waals surface area contributed by atoms with E-state index in [1.54, 1.807) is 12.3 Å². The zero-order valence-electron chi connectivity index (χ0n) is 19.2. The van der Waals surface area contributed by atoms with Crippen LogP contribution in [-0.4, -0.2) is 17.6 Å². The first-order valence-electron chi connectivity index (χ1n) is 11.7. The Hall–Kier alpha value is -3.14. The van der Waals surface area contributed by atoms with Crippen molar-refractivity contribution in [2.24, 2.45) is 0 Å². The number of hydrogen-bond acceptors (Lipinski definition) is 4. The van der Waals surface area contributed by atoms with Gasteiger partial charge < -0.3 is 9.47 Å². The zero-order valence-corrected chi connectivity index (χ0v) is 19.2. The minimum Gasteiger partial charge on any atom is -0.494 e. The Morgan fingerprint density at radius 2 is 1.50 bits per heavy atom. The van der Waals surface area contributed by atoms with E-state index in [-0.39, 0.29) is 5.97 Å². The van der Waals surface area contributed by atoms with Gasteiger partial charge in [0.25, 0.3) is 0 Å². The standard InChI is InChI=1S/C28H33NO3/c1-3-5-6-7-8-9-22-10-12-24(13-11-22)28(30)32-26-18-19-27(29-21-26)23-14-16-25(17-15-23)31-20-4-2/h10-19,21H,3-9,20H2,1-2H3. The summed E-state index contributed by atoms with van der Waals surface area (Å²) in [5.74, 6) is 0.914. The number of carbonyl (C=O) groups is 1. The van der Waals surface area contributed by atoms with E-state index in [1.807, 2.05) is 54.6 Å². The second kappa shape index (κ2) is 12.7. The molecule has 0 saturated carbocycles. The summed E-state index contributed by atoms with van der Waals surface area (Å²) in [5, 5.41) is 0. The summed E-state index contributed by atoms with van der Waals surface area (Å²) in [6, 6.07) is 19.2. The molecule has 0 aliphatic rings. The van der Waals surface area contributed by atoms with E-state index in [0.717, 1.165) is 29.8 Å². The predicted octanol–water partition coefficient (Wildman–Crippen LogP) is 7.27. The number of aryl methyl sites for hydroxylation is 1. The molecule has 0 radical (unpaired) electrons. The Kier molecular flexibility index (Phi) is 9.30. The number of benzene rings is 2. The van der Waals surface area contributed by atoms with Crippen LogP contribution >= 0.6 is 0 Å². The highest BCUT2D eigenvalue weighted by atomic mass is 16.5. The van der Waals surface area contributed by atoms with E-state index in [1.165, 1.54) is 37.7 Å². The summed E-state index contributed by atoms with van der Waals surface area (Å²) >= 11 is 0. The van der Waals surface area contributed by atoms with Crippen LogP contribution in [0.25, 0.3) is 11.3 Å². The number of rotatable bonds is 12. The molecule has 1 aromatic heterocycles. The van der Waals surface area contributed by atoms with Crippen LogP contribution in [-0.2, 0) is 6.42 Å². The molecule has 0 unspecified atom stereocenters. The lowest BCUT2D eigenvalue weighted by atomic mass is 10.0. The molecule has 0 atom stereocenters. The molecular formula is C28H33NO3. The van der Waals surface area contributed by atoms with Gasteiger partial charge in [0.15, 0.2) is 0 Å². The Morgan fingerprint density at radius 3 is 2.16 bits per heavy atom. The molecule has 0 fully saturated rings. The Morgan fingerprint density at radius 1 is 0.781 bits per heavy atom. The van der Waals surface area contributed by atoms with Crippen LogP contribution in [0.5, 0.6) is 11.5 Å². The van der Waals surface area contributed by atoms with Crippen molar-refractivity contribution in [3.63, 3.8) is 0 Å². The van der Waals surface area contributed by atoms with E-state index in [2.05, 4.69) is 18.8 Å². The van der Waals surface area contributed by atoms with Crippen molar-refractivity contribution in [1.29, 1.82) is 0 Å². The molecule has 0 saturated heterocycles. The summed E-state index contributed by atoms with van der Waals surface area (Å²) in [4.78, 5) is 16.9. The van der Waals surface area contributed by atoms with E-state index in [9.17, 15) is 4.79 Å². The summed E-state index contributed by atoms with van der Waals surface area (Å²) in [6.07, 6.45) is 9.93. The maximum atomic E-state index is 12.5.